The molecule has 0 radical (unpaired) electrons. The molecule has 0 N–H and O–H groups in total. The van der Waals surface area contributed by atoms with E-state index in [9.17, 15) is 0 Å². The van der Waals surface area contributed by atoms with Gasteiger partial charge in [-0.2, -0.15) is 0 Å². The van der Waals surface area contributed by atoms with E-state index in [2.05, 4.69) is 196 Å². The van der Waals surface area contributed by atoms with Crippen molar-refractivity contribution in [2.45, 2.75) is 162 Å². The van der Waals surface area contributed by atoms with E-state index in [1.165, 1.54) is 22.3 Å². The Morgan fingerprint density at radius 1 is 0.453 bits per heavy atom. The van der Waals surface area contributed by atoms with Crippen LogP contribution >= 0.6 is 24.8 Å². The molecule has 53 heavy (non-hydrogen) atoms. The number of fused-ring (bicyclic) bond motifs is 2. The Morgan fingerprint density at radius 3 is 1.00 bits per heavy atom. The van der Waals surface area contributed by atoms with Gasteiger partial charge in [0.25, 0.3) is 0 Å². The van der Waals surface area contributed by atoms with Crippen LogP contribution in [0.5, 0.6) is 11.5 Å². The maximum absolute atomic E-state index is 7.85. The minimum atomic E-state index is -2.29. The van der Waals surface area contributed by atoms with Crippen LogP contribution in [0.1, 0.15) is 105 Å². The van der Waals surface area contributed by atoms with Crippen LogP contribution < -0.4 is 8.85 Å². The number of hydrogen-bond donors (Lipinski definition) is 0. The van der Waals surface area contributed by atoms with Gasteiger partial charge in [0, 0.05) is 0 Å². The summed E-state index contributed by atoms with van der Waals surface area (Å²) in [5.41, 5.74) is 4.87. The van der Waals surface area contributed by atoms with Crippen molar-refractivity contribution >= 4 is 70.2 Å². The van der Waals surface area contributed by atoms with E-state index in [4.69, 9.17) is 17.7 Å². The van der Waals surface area contributed by atoms with Gasteiger partial charge in [-0.15, -0.1) is 24.8 Å². The van der Waals surface area contributed by atoms with Gasteiger partial charge in [-0.05, 0) is 0 Å². The molecule has 0 spiro atoms. The Balaban J connectivity index is 0.00000486. The molecule has 0 heterocycles. The van der Waals surface area contributed by atoms with Crippen LogP contribution in [0.4, 0.5) is 0 Å². The van der Waals surface area contributed by atoms with Gasteiger partial charge in [0.1, 0.15) is 0 Å². The molecular formula is C42H72Cl2O4Si4Zr. The summed E-state index contributed by atoms with van der Waals surface area (Å²) >= 11 is -1.79. The van der Waals surface area contributed by atoms with Crippen LogP contribution in [0.3, 0.4) is 0 Å². The van der Waals surface area contributed by atoms with Gasteiger partial charge in [-0.3, -0.25) is 0 Å². The molecule has 0 bridgehead atoms. The molecule has 298 valence electrons. The van der Waals surface area contributed by atoms with E-state index < -0.39 is 63.1 Å². The summed E-state index contributed by atoms with van der Waals surface area (Å²) in [6, 6.07) is 13.4. The van der Waals surface area contributed by atoms with Crippen LogP contribution in [-0.4, -0.2) is 33.3 Å². The molecule has 0 fully saturated rings. The second kappa shape index (κ2) is 15.5. The van der Waals surface area contributed by atoms with E-state index in [1.807, 2.05) is 0 Å². The first-order valence-electron chi connectivity index (χ1n) is 18.9. The molecule has 4 rings (SSSR count). The normalized spacial score (nSPS) is 20.7. The SMILES string of the molecule is CC(C)(C)[Si](C)(C)Oc1cccc2c1C=C[C]2(O[Si](C)(C)C(C)(C)C)[Zr][C]1(O[Si](C)(C)C(C)(C)C)C=Cc2c(O[Si](C)(C)C(C)(C)C)cccc21.Cl.Cl. The zero-order chi connectivity index (χ0) is 39.1. The topological polar surface area (TPSA) is 36.9 Å². The molecular weight excluding hydrogens is 843 g/mol. The van der Waals surface area contributed by atoms with Gasteiger partial charge in [-0.25, -0.2) is 0 Å². The largest absolute Gasteiger partial charge is 0.147 e. The van der Waals surface area contributed by atoms with Crippen LogP contribution in [0.2, 0.25) is 72.5 Å². The number of halogens is 2. The molecule has 0 amide bonds. The van der Waals surface area contributed by atoms with E-state index in [-0.39, 0.29) is 45.0 Å². The molecule has 2 aliphatic carbocycles. The first-order chi connectivity index (χ1) is 22.7. The third-order valence-corrected chi connectivity index (χ3v) is 36.1. The fourth-order valence-corrected chi connectivity index (χ4v) is 18.7. The average Bonchev–Trinajstić information content (AvgIpc) is 3.45. The third-order valence-electron chi connectivity index (χ3n) is 13.1. The van der Waals surface area contributed by atoms with Crippen molar-refractivity contribution < 1.29 is 40.9 Å². The minimum Gasteiger partial charge on any atom is -0.147 e. The molecule has 11 heteroatoms. The summed E-state index contributed by atoms with van der Waals surface area (Å²) in [4.78, 5) is 0. The van der Waals surface area contributed by atoms with Gasteiger partial charge in [0.05, 0.1) is 0 Å². The fraction of sp³-hybridized carbons (Fsp3) is 0.619. The second-order valence-corrected chi connectivity index (χ2v) is 44.3. The van der Waals surface area contributed by atoms with E-state index in [1.54, 1.807) is 0 Å². The number of hydrogen-bond acceptors (Lipinski definition) is 4. The molecule has 0 aliphatic heterocycles. The summed E-state index contributed by atoms with van der Waals surface area (Å²) in [6.07, 6.45) is 9.48. The molecule has 0 saturated heterocycles. The van der Waals surface area contributed by atoms with Crippen molar-refractivity contribution in [3.8, 4) is 11.5 Å². The van der Waals surface area contributed by atoms with Gasteiger partial charge in [0.15, 0.2) is 0 Å². The zero-order valence-corrected chi connectivity index (χ0v) is 44.8. The maximum atomic E-state index is 7.85. The van der Waals surface area contributed by atoms with E-state index >= 15 is 0 Å². The monoisotopic (exact) mass is 912 g/mol. The Labute approximate surface area is 353 Å². The van der Waals surface area contributed by atoms with Crippen molar-refractivity contribution in [2.24, 2.45) is 0 Å². The van der Waals surface area contributed by atoms with Crippen molar-refractivity contribution in [2.75, 3.05) is 0 Å². The Morgan fingerprint density at radius 2 is 0.736 bits per heavy atom. The summed E-state index contributed by atoms with van der Waals surface area (Å²) < 4.78 is 28.7. The van der Waals surface area contributed by atoms with Crippen LogP contribution in [-0.2, 0) is 38.7 Å². The molecule has 2 aliphatic rings. The predicted molar refractivity (Wildman–Crippen MR) is 241 cm³/mol. The first-order valence-corrected chi connectivity index (χ1v) is 33.0. The number of benzene rings is 2. The van der Waals surface area contributed by atoms with Crippen LogP contribution in [0.15, 0.2) is 48.6 Å². The molecule has 2 unspecified atom stereocenters. The Hall–Kier alpha value is -0.229. The Kier molecular flexibility index (Phi) is 14.3. The van der Waals surface area contributed by atoms with Gasteiger partial charge < -0.3 is 0 Å². The first kappa shape index (κ1) is 48.9. The summed E-state index contributed by atoms with van der Waals surface area (Å²) in [7, 11) is -8.77. The molecule has 4 nitrogen and oxygen atoms in total. The van der Waals surface area contributed by atoms with Gasteiger partial charge in [0.2, 0.25) is 0 Å². The van der Waals surface area contributed by atoms with Gasteiger partial charge in [-0.1, -0.05) is 0 Å². The average molecular weight is 916 g/mol. The van der Waals surface area contributed by atoms with Crippen molar-refractivity contribution in [1.29, 1.82) is 0 Å². The smallest absolute Gasteiger partial charge is 0.147 e. The predicted octanol–water partition coefficient (Wildman–Crippen LogP) is 14.5. The van der Waals surface area contributed by atoms with Crippen LogP contribution in [0, 0.1) is 0 Å². The molecule has 2 aromatic carbocycles. The summed E-state index contributed by atoms with van der Waals surface area (Å²) in [5, 5.41) is 0.249. The molecule has 2 aromatic rings. The third kappa shape index (κ3) is 9.57. The molecule has 0 saturated carbocycles. The summed E-state index contributed by atoms with van der Waals surface area (Å²) in [6.45, 7) is 47.0. The summed E-state index contributed by atoms with van der Waals surface area (Å²) in [5.74, 6) is 1.98. The van der Waals surface area contributed by atoms with Crippen molar-refractivity contribution in [3.63, 3.8) is 0 Å². The zero-order valence-electron chi connectivity index (χ0n) is 36.7. The van der Waals surface area contributed by atoms with Crippen LogP contribution in [0.25, 0.3) is 12.2 Å². The van der Waals surface area contributed by atoms with Crippen molar-refractivity contribution in [3.05, 3.63) is 70.8 Å². The minimum absolute atomic E-state index is 0. The van der Waals surface area contributed by atoms with E-state index in [0.717, 1.165) is 11.5 Å². The number of rotatable bonds is 10. The van der Waals surface area contributed by atoms with Gasteiger partial charge >= 0.3 is 331 Å². The quantitative estimate of drug-likeness (QED) is 0.223. The second-order valence-electron chi connectivity index (χ2n) is 21.1. The fourth-order valence-electron chi connectivity index (χ4n) is 5.53. The van der Waals surface area contributed by atoms with Crippen molar-refractivity contribution in [1.82, 2.24) is 0 Å². The van der Waals surface area contributed by atoms with E-state index in [0.29, 0.717) is 0 Å². The molecule has 2 atom stereocenters. The molecule has 0 aromatic heterocycles. The standard InChI is InChI=1S/2C21H35O2Si2.2ClH.Zr/c2*1-20(2,3)24(7,8)22-18-13-11-12-16-17(18)14-15-19(16)23-25(9,10)21(4,5)6;;;/h2*11-15H,1-10H3;2*1H;. The Bertz CT molecular complexity index is 1570. The maximum Gasteiger partial charge on any atom is -0.147 e.